The molecule has 0 spiro atoms. The van der Waals surface area contributed by atoms with E-state index < -0.39 is 19.1 Å². The van der Waals surface area contributed by atoms with Crippen LogP contribution in [-0.4, -0.2) is 80.8 Å². The quantitative estimate of drug-likeness (QED) is 0.608. The fourth-order valence-corrected chi connectivity index (χ4v) is 2.34. The molecule has 0 atom stereocenters. The number of hydrogen-bond donors (Lipinski definition) is 1. The van der Waals surface area contributed by atoms with E-state index >= 15 is 0 Å². The number of aliphatic hydroxyl groups is 1. The topological polar surface area (TPSA) is 51.2 Å². The van der Waals surface area contributed by atoms with Crippen molar-refractivity contribution in [3.63, 3.8) is 0 Å². The van der Waals surface area contributed by atoms with Crippen LogP contribution in [0.3, 0.4) is 0 Å². The Balaban J connectivity index is 1.41. The number of ether oxygens (including phenoxy) is 3. The number of hydrogen-bond acceptors (Lipinski definition) is 5. The zero-order chi connectivity index (χ0) is 15.3. The predicted octanol–water partition coefficient (Wildman–Crippen LogP) is 0.899. The van der Waals surface area contributed by atoms with Crippen LogP contribution in [0.2, 0.25) is 0 Å². The summed E-state index contributed by atoms with van der Waals surface area (Å²) in [6, 6.07) is 0. The summed E-state index contributed by atoms with van der Waals surface area (Å²) in [7, 11) is 1.92. The largest absolute Gasteiger partial charge is 0.393 e. The van der Waals surface area contributed by atoms with E-state index in [-0.39, 0.29) is 24.9 Å². The van der Waals surface area contributed by atoms with E-state index in [1.807, 2.05) is 11.9 Å². The van der Waals surface area contributed by atoms with Crippen molar-refractivity contribution in [3.05, 3.63) is 0 Å². The summed E-state index contributed by atoms with van der Waals surface area (Å²) in [5.74, 6) is -2.94. The number of halogens is 2. The maximum Gasteiger partial charge on any atom is 0.293 e. The van der Waals surface area contributed by atoms with Crippen molar-refractivity contribution < 1.29 is 28.1 Å². The minimum Gasteiger partial charge on any atom is -0.393 e. The highest BCUT2D eigenvalue weighted by molar-refractivity contribution is 4.79. The van der Waals surface area contributed by atoms with Gasteiger partial charge in [-0.05, 0) is 26.3 Å². The number of aliphatic hydroxyl groups excluding tert-OH is 1. The summed E-state index contributed by atoms with van der Waals surface area (Å²) >= 11 is 0. The Bertz CT molecular complexity index is 307. The second-order valence-corrected chi connectivity index (χ2v) is 6.03. The lowest BCUT2D eigenvalue weighted by atomic mass is 9.92. The molecular weight excluding hydrogens is 284 g/mol. The molecule has 5 nitrogen and oxygen atoms in total. The molecule has 0 radical (unpaired) electrons. The first-order chi connectivity index (χ1) is 9.94. The van der Waals surface area contributed by atoms with Crippen LogP contribution in [0.25, 0.3) is 0 Å². The van der Waals surface area contributed by atoms with Crippen molar-refractivity contribution in [2.24, 2.45) is 0 Å². The van der Waals surface area contributed by atoms with Gasteiger partial charge in [-0.2, -0.15) is 0 Å². The molecule has 2 aliphatic rings. The molecule has 2 fully saturated rings. The van der Waals surface area contributed by atoms with Gasteiger partial charge in [-0.3, -0.25) is 0 Å². The standard InChI is InChI=1S/C14H25F2NO4/c1-17-7-13(8-17)21-10-14(15,16)9-19-3-2-4-20-12-5-11(18)6-12/h11-13,18H,2-10H2,1H3. The molecule has 1 heterocycles. The monoisotopic (exact) mass is 309 g/mol. The number of alkyl halides is 2. The highest BCUT2D eigenvalue weighted by atomic mass is 19.3. The Morgan fingerprint density at radius 3 is 2.43 bits per heavy atom. The van der Waals surface area contributed by atoms with Gasteiger partial charge in [-0.15, -0.1) is 0 Å². The van der Waals surface area contributed by atoms with Crippen molar-refractivity contribution in [1.29, 1.82) is 0 Å². The molecule has 0 unspecified atom stereocenters. The van der Waals surface area contributed by atoms with E-state index in [0.717, 1.165) is 0 Å². The molecule has 0 bridgehead atoms. The molecule has 2 rings (SSSR count). The smallest absolute Gasteiger partial charge is 0.293 e. The number of rotatable bonds is 10. The molecule has 7 heteroatoms. The van der Waals surface area contributed by atoms with Crippen LogP contribution in [0.1, 0.15) is 19.3 Å². The van der Waals surface area contributed by atoms with E-state index in [1.54, 1.807) is 0 Å². The van der Waals surface area contributed by atoms with Crippen LogP contribution in [0.15, 0.2) is 0 Å². The summed E-state index contributed by atoms with van der Waals surface area (Å²) in [5, 5.41) is 9.07. The van der Waals surface area contributed by atoms with Crippen molar-refractivity contribution in [2.75, 3.05) is 46.6 Å². The molecule has 1 saturated heterocycles. The molecular formula is C14H25F2NO4. The summed E-state index contributed by atoms with van der Waals surface area (Å²) in [4.78, 5) is 2.01. The summed E-state index contributed by atoms with van der Waals surface area (Å²) in [6.07, 6.45) is 1.74. The highest BCUT2D eigenvalue weighted by Gasteiger charge is 2.33. The molecule has 124 valence electrons. The lowest BCUT2D eigenvalue weighted by Gasteiger charge is -2.36. The van der Waals surface area contributed by atoms with Gasteiger partial charge < -0.3 is 24.2 Å². The summed E-state index contributed by atoms with van der Waals surface area (Å²) < 4.78 is 42.5. The number of likely N-dealkylation sites (tertiary alicyclic amines) is 1. The lowest BCUT2D eigenvalue weighted by Crippen LogP contribution is -2.51. The molecule has 0 aromatic carbocycles. The van der Waals surface area contributed by atoms with E-state index in [1.165, 1.54) is 0 Å². The fraction of sp³-hybridized carbons (Fsp3) is 1.00. The highest BCUT2D eigenvalue weighted by Crippen LogP contribution is 2.23. The number of nitrogens with zero attached hydrogens (tertiary/aromatic N) is 1. The predicted molar refractivity (Wildman–Crippen MR) is 72.6 cm³/mol. The fourth-order valence-electron chi connectivity index (χ4n) is 2.34. The molecule has 1 N–H and O–H groups in total. The Morgan fingerprint density at radius 2 is 1.81 bits per heavy atom. The zero-order valence-corrected chi connectivity index (χ0v) is 12.5. The summed E-state index contributed by atoms with van der Waals surface area (Å²) in [5.41, 5.74) is 0. The van der Waals surface area contributed by atoms with Gasteiger partial charge in [0.25, 0.3) is 5.92 Å². The minimum absolute atomic E-state index is 0.0768. The maximum atomic E-state index is 13.5. The first-order valence-corrected chi connectivity index (χ1v) is 7.50. The first-order valence-electron chi connectivity index (χ1n) is 7.50. The van der Waals surface area contributed by atoms with E-state index in [2.05, 4.69) is 0 Å². The van der Waals surface area contributed by atoms with Gasteiger partial charge in [-0.25, -0.2) is 8.78 Å². The Morgan fingerprint density at radius 1 is 1.10 bits per heavy atom. The van der Waals surface area contributed by atoms with Crippen LogP contribution < -0.4 is 0 Å². The molecule has 1 aliphatic heterocycles. The third-order valence-corrected chi connectivity index (χ3v) is 3.73. The molecule has 0 amide bonds. The molecule has 0 aromatic rings. The Hall–Kier alpha value is -0.340. The van der Waals surface area contributed by atoms with Crippen molar-refractivity contribution in [3.8, 4) is 0 Å². The van der Waals surface area contributed by atoms with Gasteiger partial charge in [0.15, 0.2) is 0 Å². The van der Waals surface area contributed by atoms with Gasteiger partial charge in [0.2, 0.25) is 0 Å². The van der Waals surface area contributed by atoms with Gasteiger partial charge in [-0.1, -0.05) is 0 Å². The minimum atomic E-state index is -2.94. The van der Waals surface area contributed by atoms with Crippen molar-refractivity contribution in [2.45, 2.75) is 43.5 Å². The van der Waals surface area contributed by atoms with Crippen LogP contribution in [-0.2, 0) is 14.2 Å². The third kappa shape index (κ3) is 6.12. The molecule has 0 aromatic heterocycles. The first kappa shape index (κ1) is 17.0. The average Bonchev–Trinajstić information content (AvgIpc) is 2.35. The molecule has 1 saturated carbocycles. The Kier molecular flexibility index (Phi) is 6.31. The SMILES string of the molecule is CN1CC(OCC(F)(F)COCCCOC2CC(O)C2)C1. The molecule has 1 aliphatic carbocycles. The van der Waals surface area contributed by atoms with Crippen LogP contribution in [0.5, 0.6) is 0 Å². The van der Waals surface area contributed by atoms with Crippen molar-refractivity contribution in [1.82, 2.24) is 4.90 Å². The van der Waals surface area contributed by atoms with Gasteiger partial charge in [0, 0.05) is 26.3 Å². The lowest BCUT2D eigenvalue weighted by molar-refractivity contribution is -0.156. The van der Waals surface area contributed by atoms with Crippen molar-refractivity contribution >= 4 is 0 Å². The van der Waals surface area contributed by atoms with Crippen LogP contribution in [0, 0.1) is 0 Å². The number of likely N-dealkylation sites (N-methyl/N-ethyl adjacent to an activating group) is 1. The van der Waals surface area contributed by atoms with E-state index in [9.17, 15) is 8.78 Å². The second kappa shape index (κ2) is 7.78. The van der Waals surface area contributed by atoms with E-state index in [4.69, 9.17) is 19.3 Å². The maximum absolute atomic E-state index is 13.5. The van der Waals surface area contributed by atoms with Crippen LogP contribution >= 0.6 is 0 Å². The Labute approximate surface area is 124 Å². The van der Waals surface area contributed by atoms with Gasteiger partial charge >= 0.3 is 0 Å². The molecule has 21 heavy (non-hydrogen) atoms. The van der Waals surface area contributed by atoms with Crippen LogP contribution in [0.4, 0.5) is 8.78 Å². The normalized spacial score (nSPS) is 27.4. The zero-order valence-electron chi connectivity index (χ0n) is 12.5. The average molecular weight is 309 g/mol. The summed E-state index contributed by atoms with van der Waals surface area (Å²) in [6.45, 7) is 0.957. The van der Waals surface area contributed by atoms with Gasteiger partial charge in [0.1, 0.15) is 13.2 Å². The van der Waals surface area contributed by atoms with Gasteiger partial charge in [0.05, 0.1) is 18.3 Å². The van der Waals surface area contributed by atoms with E-state index in [0.29, 0.717) is 39.0 Å². The second-order valence-electron chi connectivity index (χ2n) is 6.03. The third-order valence-electron chi connectivity index (χ3n) is 3.73.